The van der Waals surface area contributed by atoms with Crippen LogP contribution in [0.4, 0.5) is 5.82 Å². The number of carbonyl (C=O) groups is 2. The smallest absolute Gasteiger partial charge is 0.341 e. The van der Waals surface area contributed by atoms with E-state index in [0.717, 1.165) is 22.7 Å². The third kappa shape index (κ3) is 5.39. The molecule has 0 saturated heterocycles. The Balaban J connectivity index is 0.000000305. The van der Waals surface area contributed by atoms with Gasteiger partial charge in [0, 0.05) is 30.9 Å². The number of carboxylic acids is 1. The third-order valence-electron chi connectivity index (χ3n) is 6.12. The highest BCUT2D eigenvalue weighted by molar-refractivity contribution is 6.00. The molecule has 0 radical (unpaired) electrons. The predicted molar refractivity (Wildman–Crippen MR) is 127 cm³/mol. The number of nitrogens with one attached hydrogen (secondary N) is 1. The zero-order valence-electron chi connectivity index (χ0n) is 19.6. The van der Waals surface area contributed by atoms with Crippen LogP contribution in [-0.4, -0.2) is 37.8 Å². The van der Waals surface area contributed by atoms with E-state index < -0.39 is 5.97 Å². The van der Waals surface area contributed by atoms with E-state index in [1.165, 1.54) is 48.4 Å². The Bertz CT molecular complexity index is 1060. The molecule has 172 valence electrons. The van der Waals surface area contributed by atoms with Gasteiger partial charge in [-0.15, -0.1) is 5.10 Å². The molecule has 0 atom stereocenters. The SMILES string of the molecule is CC(=O)N(c1nn(-c2ccc3cc[nH]c3c2)cc1C(=O)O)C(C)C.CC1CCC(C)CC1. The Morgan fingerprint density at radius 1 is 1.12 bits per heavy atom. The highest BCUT2D eigenvalue weighted by Crippen LogP contribution is 2.27. The first-order chi connectivity index (χ1) is 15.2. The first-order valence-corrected chi connectivity index (χ1v) is 11.4. The summed E-state index contributed by atoms with van der Waals surface area (Å²) >= 11 is 0. The van der Waals surface area contributed by atoms with Crippen molar-refractivity contribution in [1.29, 1.82) is 0 Å². The van der Waals surface area contributed by atoms with Crippen LogP contribution in [-0.2, 0) is 4.79 Å². The van der Waals surface area contributed by atoms with Crippen molar-refractivity contribution in [2.24, 2.45) is 11.8 Å². The quantitative estimate of drug-likeness (QED) is 0.551. The second-order valence-electron chi connectivity index (χ2n) is 9.21. The fourth-order valence-corrected chi connectivity index (χ4v) is 4.19. The second kappa shape index (κ2) is 10.0. The third-order valence-corrected chi connectivity index (χ3v) is 6.12. The Hall–Kier alpha value is -3.09. The largest absolute Gasteiger partial charge is 0.477 e. The molecule has 3 aromatic rings. The van der Waals surface area contributed by atoms with Crippen LogP contribution in [0.15, 0.2) is 36.7 Å². The summed E-state index contributed by atoms with van der Waals surface area (Å²) < 4.78 is 1.48. The van der Waals surface area contributed by atoms with Crippen molar-refractivity contribution in [1.82, 2.24) is 14.8 Å². The minimum Gasteiger partial charge on any atom is -0.477 e. The molecule has 1 aliphatic rings. The van der Waals surface area contributed by atoms with E-state index in [-0.39, 0.29) is 23.3 Å². The van der Waals surface area contributed by atoms with Gasteiger partial charge < -0.3 is 10.1 Å². The fourth-order valence-electron chi connectivity index (χ4n) is 4.19. The van der Waals surface area contributed by atoms with E-state index in [4.69, 9.17) is 0 Å². The van der Waals surface area contributed by atoms with E-state index in [0.29, 0.717) is 5.69 Å². The minimum absolute atomic E-state index is 0.00881. The van der Waals surface area contributed by atoms with Crippen molar-refractivity contribution in [3.8, 4) is 5.69 Å². The van der Waals surface area contributed by atoms with Crippen LogP contribution in [0.5, 0.6) is 0 Å². The molecule has 4 rings (SSSR count). The van der Waals surface area contributed by atoms with Gasteiger partial charge in [0.25, 0.3) is 0 Å². The maximum Gasteiger partial charge on any atom is 0.341 e. The van der Waals surface area contributed by atoms with Gasteiger partial charge in [-0.1, -0.05) is 45.6 Å². The van der Waals surface area contributed by atoms with Gasteiger partial charge in [0.15, 0.2) is 5.82 Å². The van der Waals surface area contributed by atoms with Gasteiger partial charge in [0.2, 0.25) is 5.91 Å². The number of aromatic carboxylic acids is 1. The summed E-state index contributed by atoms with van der Waals surface area (Å²) in [7, 11) is 0. The molecule has 0 bridgehead atoms. The summed E-state index contributed by atoms with van der Waals surface area (Å²) in [4.78, 5) is 28.0. The molecule has 2 N–H and O–H groups in total. The van der Waals surface area contributed by atoms with Crippen LogP contribution in [0.25, 0.3) is 16.6 Å². The van der Waals surface area contributed by atoms with Crippen molar-refractivity contribution in [2.45, 2.75) is 66.3 Å². The zero-order valence-corrected chi connectivity index (χ0v) is 19.6. The van der Waals surface area contributed by atoms with Gasteiger partial charge >= 0.3 is 5.97 Å². The second-order valence-corrected chi connectivity index (χ2v) is 9.21. The fraction of sp³-hybridized carbons (Fsp3) is 0.480. The van der Waals surface area contributed by atoms with Crippen LogP contribution < -0.4 is 4.90 Å². The number of aromatic amines is 1. The maximum atomic E-state index is 11.9. The normalized spacial score (nSPS) is 18.3. The summed E-state index contributed by atoms with van der Waals surface area (Å²) in [6.07, 6.45) is 9.16. The monoisotopic (exact) mass is 438 g/mol. The lowest BCUT2D eigenvalue weighted by molar-refractivity contribution is -0.116. The molecular weight excluding hydrogens is 404 g/mol. The Kier molecular flexibility index (Phi) is 7.38. The van der Waals surface area contributed by atoms with Gasteiger partial charge in [-0.05, 0) is 49.3 Å². The number of hydrogen-bond acceptors (Lipinski definition) is 3. The highest BCUT2D eigenvalue weighted by Gasteiger charge is 2.26. The molecule has 7 heteroatoms. The Morgan fingerprint density at radius 3 is 2.28 bits per heavy atom. The number of anilines is 1. The number of aromatic nitrogens is 3. The molecule has 1 amide bonds. The molecular formula is C25H34N4O3. The van der Waals surface area contributed by atoms with Crippen molar-refractivity contribution in [3.63, 3.8) is 0 Å². The van der Waals surface area contributed by atoms with Gasteiger partial charge in [-0.2, -0.15) is 0 Å². The Labute approximate surface area is 189 Å². The predicted octanol–water partition coefficient (Wildman–Crippen LogP) is 5.65. The molecule has 1 aliphatic carbocycles. The van der Waals surface area contributed by atoms with Crippen LogP contribution in [0, 0.1) is 11.8 Å². The van der Waals surface area contributed by atoms with Crippen molar-refractivity contribution >= 4 is 28.6 Å². The lowest BCUT2D eigenvalue weighted by Crippen LogP contribution is -2.36. The summed E-state index contributed by atoms with van der Waals surface area (Å²) in [6.45, 7) is 9.77. The number of carbonyl (C=O) groups excluding carboxylic acids is 1. The van der Waals surface area contributed by atoms with E-state index in [2.05, 4.69) is 23.9 Å². The summed E-state index contributed by atoms with van der Waals surface area (Å²) in [5.41, 5.74) is 1.63. The molecule has 0 unspecified atom stereocenters. The van der Waals surface area contributed by atoms with Gasteiger partial charge in [-0.25, -0.2) is 9.48 Å². The molecule has 2 aromatic heterocycles. The number of amides is 1. The topological polar surface area (TPSA) is 91.2 Å². The number of carboxylic acid groups (broad SMARTS) is 1. The van der Waals surface area contributed by atoms with Crippen molar-refractivity contribution in [2.75, 3.05) is 4.90 Å². The average Bonchev–Trinajstić information content (AvgIpc) is 3.37. The molecule has 0 spiro atoms. The minimum atomic E-state index is -1.12. The summed E-state index contributed by atoms with van der Waals surface area (Å²) in [6, 6.07) is 7.41. The first kappa shape index (κ1) is 23.6. The first-order valence-electron chi connectivity index (χ1n) is 11.4. The van der Waals surface area contributed by atoms with Crippen molar-refractivity contribution in [3.05, 3.63) is 42.2 Å². The molecule has 7 nitrogen and oxygen atoms in total. The highest BCUT2D eigenvalue weighted by atomic mass is 16.4. The summed E-state index contributed by atoms with van der Waals surface area (Å²) in [5, 5.41) is 14.9. The standard InChI is InChI=1S/C17H18N4O3.C8H16/c1-10(2)21(11(3)22)16-14(17(23)24)9-20(19-16)13-5-4-12-6-7-18-15(12)8-13;1-7-3-5-8(2)6-4-7/h4-10,18H,1-3H3,(H,23,24);7-8H,3-6H2,1-2H3. The molecule has 0 aliphatic heterocycles. The number of nitrogens with zero attached hydrogens (tertiary/aromatic N) is 3. The van der Waals surface area contributed by atoms with Crippen LogP contribution in [0.1, 0.15) is 70.7 Å². The van der Waals surface area contributed by atoms with Crippen LogP contribution >= 0.6 is 0 Å². The van der Waals surface area contributed by atoms with Gasteiger partial charge in [0.05, 0.1) is 5.69 Å². The lowest BCUT2D eigenvalue weighted by atomic mass is 9.84. The van der Waals surface area contributed by atoms with Crippen LogP contribution in [0.3, 0.4) is 0 Å². The summed E-state index contributed by atoms with van der Waals surface area (Å²) in [5.74, 6) is 0.815. The number of benzene rings is 1. The van der Waals surface area contributed by atoms with E-state index in [1.54, 1.807) is 0 Å². The number of H-pyrrole nitrogens is 1. The van der Waals surface area contributed by atoms with Gasteiger partial charge in [-0.3, -0.25) is 9.69 Å². The van der Waals surface area contributed by atoms with Crippen molar-refractivity contribution < 1.29 is 14.7 Å². The molecule has 1 aromatic carbocycles. The zero-order chi connectivity index (χ0) is 23.4. The molecule has 1 fully saturated rings. The molecule has 1 saturated carbocycles. The maximum absolute atomic E-state index is 11.9. The van der Waals surface area contributed by atoms with E-state index in [9.17, 15) is 14.7 Å². The average molecular weight is 439 g/mol. The Morgan fingerprint density at radius 2 is 1.75 bits per heavy atom. The molecule has 2 heterocycles. The number of hydrogen-bond donors (Lipinski definition) is 2. The van der Waals surface area contributed by atoms with Crippen LogP contribution in [0.2, 0.25) is 0 Å². The number of fused-ring (bicyclic) bond motifs is 1. The lowest BCUT2D eigenvalue weighted by Gasteiger charge is -2.23. The number of rotatable bonds is 4. The van der Waals surface area contributed by atoms with Gasteiger partial charge in [0.1, 0.15) is 5.56 Å². The molecule has 32 heavy (non-hydrogen) atoms. The van der Waals surface area contributed by atoms with E-state index >= 15 is 0 Å². The van der Waals surface area contributed by atoms with E-state index in [1.807, 2.05) is 44.3 Å².